The van der Waals surface area contributed by atoms with Crippen molar-refractivity contribution in [3.8, 4) is 5.75 Å². The third-order valence-electron chi connectivity index (χ3n) is 3.82. The van der Waals surface area contributed by atoms with Crippen molar-refractivity contribution in [3.05, 3.63) is 71.8 Å². The fourth-order valence-electron chi connectivity index (χ4n) is 2.51. The monoisotopic (exact) mass is 307 g/mol. The van der Waals surface area contributed by atoms with Crippen molar-refractivity contribution < 1.29 is 4.74 Å². The molecule has 0 unspecified atom stereocenters. The van der Waals surface area contributed by atoms with Crippen molar-refractivity contribution in [2.24, 2.45) is 0 Å². The van der Waals surface area contributed by atoms with E-state index >= 15 is 0 Å². The highest BCUT2D eigenvalue weighted by Gasteiger charge is 2.06. The Morgan fingerprint density at radius 2 is 1.61 bits per heavy atom. The molecule has 0 saturated heterocycles. The lowest BCUT2D eigenvalue weighted by Crippen LogP contribution is -2.21. The minimum absolute atomic E-state index is 0.902. The Morgan fingerprint density at radius 1 is 0.913 bits per heavy atom. The summed E-state index contributed by atoms with van der Waals surface area (Å²) in [7, 11) is 1.72. The van der Waals surface area contributed by atoms with Crippen LogP contribution in [0.25, 0.3) is 12.2 Å². The van der Waals surface area contributed by atoms with E-state index in [4.69, 9.17) is 4.74 Å². The number of benzene rings is 2. The van der Waals surface area contributed by atoms with Crippen molar-refractivity contribution >= 4 is 17.8 Å². The minimum atomic E-state index is 0.902. The van der Waals surface area contributed by atoms with Gasteiger partial charge in [0.15, 0.2) is 0 Å². The molecule has 2 aromatic rings. The summed E-state index contributed by atoms with van der Waals surface area (Å²) >= 11 is 0. The summed E-state index contributed by atoms with van der Waals surface area (Å²) in [5.41, 5.74) is 3.48. The molecule has 0 atom stereocenters. The summed E-state index contributed by atoms with van der Waals surface area (Å²) in [5, 5.41) is 0. The van der Waals surface area contributed by atoms with Crippen LogP contribution in [0.4, 0.5) is 5.69 Å². The third kappa shape index (κ3) is 4.75. The van der Waals surface area contributed by atoms with Gasteiger partial charge in [-0.2, -0.15) is 0 Å². The van der Waals surface area contributed by atoms with Crippen molar-refractivity contribution in [2.75, 3.05) is 25.1 Å². The maximum Gasteiger partial charge on any atom is 0.128 e. The number of nitrogens with zero attached hydrogens (tertiary/aromatic N) is 1. The fraction of sp³-hybridized carbons (Fsp3) is 0.238. The van der Waals surface area contributed by atoms with Crippen LogP contribution in [0, 0.1) is 0 Å². The molecule has 0 spiro atoms. The predicted molar refractivity (Wildman–Crippen MR) is 101 cm³/mol. The fourth-order valence-corrected chi connectivity index (χ4v) is 2.51. The Kier molecular flexibility index (Phi) is 6.49. The number of allylic oxidation sites excluding steroid dienone is 2. The second kappa shape index (κ2) is 8.84. The standard InChI is InChI=1S/C21H25NO/c1-4-22(5-2)20-16-15-19(21(17-20)23-3)14-10-9-13-18-11-7-6-8-12-18/h6-17H,4-5H2,1-3H3/b13-9+,14-10+. The van der Waals surface area contributed by atoms with Gasteiger partial charge in [0, 0.05) is 30.4 Å². The molecule has 0 aromatic heterocycles. The number of hydrogen-bond donors (Lipinski definition) is 0. The molecule has 2 rings (SSSR count). The lowest BCUT2D eigenvalue weighted by molar-refractivity contribution is 0.414. The first-order chi connectivity index (χ1) is 11.3. The Hall–Kier alpha value is -2.48. The van der Waals surface area contributed by atoms with Crippen LogP contribution >= 0.6 is 0 Å². The normalized spacial score (nSPS) is 11.3. The molecule has 2 aromatic carbocycles. The summed E-state index contributed by atoms with van der Waals surface area (Å²) in [6, 6.07) is 16.6. The van der Waals surface area contributed by atoms with Gasteiger partial charge < -0.3 is 9.64 Å². The highest BCUT2D eigenvalue weighted by molar-refractivity contribution is 5.65. The first-order valence-corrected chi connectivity index (χ1v) is 8.11. The molecule has 0 aliphatic heterocycles. The molecular weight excluding hydrogens is 282 g/mol. The van der Waals surface area contributed by atoms with E-state index in [9.17, 15) is 0 Å². The summed E-state index contributed by atoms with van der Waals surface area (Å²) in [5.74, 6) is 0.902. The van der Waals surface area contributed by atoms with Gasteiger partial charge in [0.05, 0.1) is 7.11 Å². The predicted octanol–water partition coefficient (Wildman–Crippen LogP) is 5.27. The molecule has 23 heavy (non-hydrogen) atoms. The maximum atomic E-state index is 5.54. The summed E-state index contributed by atoms with van der Waals surface area (Å²) < 4.78 is 5.54. The van der Waals surface area contributed by atoms with Gasteiger partial charge in [-0.1, -0.05) is 54.6 Å². The zero-order valence-electron chi connectivity index (χ0n) is 14.2. The van der Waals surface area contributed by atoms with E-state index in [2.05, 4.69) is 61.2 Å². The molecular formula is C21H25NO. The van der Waals surface area contributed by atoms with Crippen LogP contribution in [0.2, 0.25) is 0 Å². The van der Waals surface area contributed by atoms with E-state index in [-0.39, 0.29) is 0 Å². The third-order valence-corrected chi connectivity index (χ3v) is 3.82. The first kappa shape index (κ1) is 16.9. The maximum absolute atomic E-state index is 5.54. The van der Waals surface area contributed by atoms with Crippen LogP contribution in [-0.2, 0) is 0 Å². The van der Waals surface area contributed by atoms with Crippen LogP contribution in [0.3, 0.4) is 0 Å². The Bertz CT molecular complexity index is 655. The molecule has 0 N–H and O–H groups in total. The van der Waals surface area contributed by atoms with Gasteiger partial charge in [-0.25, -0.2) is 0 Å². The Labute approximate surface area is 139 Å². The summed E-state index contributed by atoms with van der Waals surface area (Å²) in [4.78, 5) is 2.31. The van der Waals surface area contributed by atoms with Gasteiger partial charge >= 0.3 is 0 Å². The van der Waals surface area contributed by atoms with Gasteiger partial charge in [-0.15, -0.1) is 0 Å². The molecule has 0 heterocycles. The average molecular weight is 307 g/mol. The van der Waals surface area contributed by atoms with Crippen LogP contribution in [0.5, 0.6) is 5.75 Å². The van der Waals surface area contributed by atoms with Gasteiger partial charge in [0.25, 0.3) is 0 Å². The molecule has 2 heteroatoms. The lowest BCUT2D eigenvalue weighted by atomic mass is 10.1. The van der Waals surface area contributed by atoms with Crippen LogP contribution in [0.1, 0.15) is 25.0 Å². The Balaban J connectivity index is 2.13. The largest absolute Gasteiger partial charge is 0.496 e. The number of anilines is 1. The van der Waals surface area contributed by atoms with E-state index < -0.39 is 0 Å². The number of methoxy groups -OCH3 is 1. The van der Waals surface area contributed by atoms with Gasteiger partial charge in [0.2, 0.25) is 0 Å². The van der Waals surface area contributed by atoms with Gasteiger partial charge in [0.1, 0.15) is 5.75 Å². The topological polar surface area (TPSA) is 12.5 Å². The zero-order valence-corrected chi connectivity index (χ0v) is 14.2. The number of rotatable bonds is 7. The van der Waals surface area contributed by atoms with E-state index in [0.29, 0.717) is 0 Å². The smallest absolute Gasteiger partial charge is 0.128 e. The molecule has 0 saturated carbocycles. The molecule has 0 aliphatic rings. The second-order valence-corrected chi connectivity index (χ2v) is 5.23. The zero-order chi connectivity index (χ0) is 16.5. The van der Waals surface area contributed by atoms with Crippen LogP contribution < -0.4 is 9.64 Å². The highest BCUT2D eigenvalue weighted by atomic mass is 16.5. The molecule has 0 aliphatic carbocycles. The van der Waals surface area contributed by atoms with Crippen LogP contribution in [-0.4, -0.2) is 20.2 Å². The molecule has 2 nitrogen and oxygen atoms in total. The van der Waals surface area contributed by atoms with Gasteiger partial charge in [-0.3, -0.25) is 0 Å². The minimum Gasteiger partial charge on any atom is -0.496 e. The first-order valence-electron chi connectivity index (χ1n) is 8.11. The highest BCUT2D eigenvalue weighted by Crippen LogP contribution is 2.26. The lowest BCUT2D eigenvalue weighted by Gasteiger charge is -2.22. The van der Waals surface area contributed by atoms with Gasteiger partial charge in [-0.05, 0) is 31.5 Å². The van der Waals surface area contributed by atoms with Crippen molar-refractivity contribution in [2.45, 2.75) is 13.8 Å². The number of ether oxygens (including phenoxy) is 1. The van der Waals surface area contributed by atoms with Crippen LogP contribution in [0.15, 0.2) is 60.7 Å². The SMILES string of the molecule is CCN(CC)c1ccc(/C=C/C=C/c2ccccc2)c(OC)c1. The molecule has 0 bridgehead atoms. The Morgan fingerprint density at radius 3 is 2.26 bits per heavy atom. The van der Waals surface area contributed by atoms with E-state index in [1.807, 2.05) is 30.4 Å². The van der Waals surface area contributed by atoms with E-state index in [1.165, 1.54) is 11.3 Å². The molecule has 0 radical (unpaired) electrons. The molecule has 0 fully saturated rings. The second-order valence-electron chi connectivity index (χ2n) is 5.23. The quantitative estimate of drug-likeness (QED) is 0.646. The van der Waals surface area contributed by atoms with Crippen molar-refractivity contribution in [3.63, 3.8) is 0 Å². The number of hydrogen-bond acceptors (Lipinski definition) is 2. The van der Waals surface area contributed by atoms with Crippen molar-refractivity contribution in [1.29, 1.82) is 0 Å². The molecule has 120 valence electrons. The van der Waals surface area contributed by atoms with E-state index in [0.717, 1.165) is 24.4 Å². The average Bonchev–Trinajstić information content (AvgIpc) is 2.61. The van der Waals surface area contributed by atoms with E-state index in [1.54, 1.807) is 7.11 Å². The van der Waals surface area contributed by atoms with Crippen molar-refractivity contribution in [1.82, 2.24) is 0 Å². The summed E-state index contributed by atoms with van der Waals surface area (Å²) in [6.07, 6.45) is 8.26. The molecule has 0 amide bonds. The summed E-state index contributed by atoms with van der Waals surface area (Å²) in [6.45, 7) is 6.32.